The summed E-state index contributed by atoms with van der Waals surface area (Å²) in [7, 11) is 1.81. The predicted octanol–water partition coefficient (Wildman–Crippen LogP) is 6.54. The van der Waals surface area contributed by atoms with Crippen molar-refractivity contribution in [1.29, 1.82) is 0 Å². The summed E-state index contributed by atoms with van der Waals surface area (Å²) in [4.78, 5) is 34.2. The van der Waals surface area contributed by atoms with Crippen molar-refractivity contribution in [1.82, 2.24) is 14.8 Å². The van der Waals surface area contributed by atoms with Crippen molar-refractivity contribution < 1.29 is 14.7 Å². The number of carboxylic acids is 1. The van der Waals surface area contributed by atoms with Crippen LogP contribution in [0, 0.1) is 0 Å². The van der Waals surface area contributed by atoms with Gasteiger partial charge in [-0.25, -0.2) is 4.79 Å². The van der Waals surface area contributed by atoms with Crippen LogP contribution in [0.3, 0.4) is 0 Å². The van der Waals surface area contributed by atoms with E-state index in [1.165, 1.54) is 0 Å². The van der Waals surface area contributed by atoms with Crippen LogP contribution >= 0.6 is 23.2 Å². The zero-order valence-electron chi connectivity index (χ0n) is 21.6. The number of para-hydroxylation sites is 1. The van der Waals surface area contributed by atoms with Gasteiger partial charge in [0, 0.05) is 61.2 Å². The molecular formula is C31H29Cl2N3O3. The van der Waals surface area contributed by atoms with Crippen LogP contribution in [-0.2, 0) is 13.0 Å². The summed E-state index contributed by atoms with van der Waals surface area (Å²) in [5.74, 6) is -0.967. The highest BCUT2D eigenvalue weighted by Crippen LogP contribution is 2.31. The maximum Gasteiger partial charge on any atom is 0.336 e. The zero-order chi connectivity index (χ0) is 27.5. The van der Waals surface area contributed by atoms with Crippen molar-refractivity contribution in [3.63, 3.8) is 0 Å². The summed E-state index contributed by atoms with van der Waals surface area (Å²) >= 11 is 12.6. The molecule has 1 unspecified atom stereocenters. The number of nitrogens with zero attached hydrogens (tertiary/aromatic N) is 3. The molecule has 2 heterocycles. The third kappa shape index (κ3) is 5.93. The SMILES string of the molecule is CN(CC(CCN1CCc2nc3ccccc3c(C(=O)O)c2C1)c1ccc(Cl)c(Cl)c1)C(=O)c1ccccc1. The minimum absolute atomic E-state index is 0.00694. The molecule has 0 saturated heterocycles. The van der Waals surface area contributed by atoms with Crippen molar-refractivity contribution >= 4 is 46.0 Å². The van der Waals surface area contributed by atoms with Crippen LogP contribution in [0.5, 0.6) is 0 Å². The standard InChI is InChI=1S/C31H29Cl2N3O3/c1-35(30(37)20-7-3-2-4-8-20)18-22(21-11-12-25(32)26(33)17-21)13-15-36-16-14-28-24(19-36)29(31(38)39)23-9-5-6-10-27(23)34-28/h2-12,17,22H,13-16,18-19H2,1H3,(H,38,39). The Bertz CT molecular complexity index is 1530. The first-order valence-electron chi connectivity index (χ1n) is 12.9. The number of halogens is 2. The molecule has 8 heteroatoms. The maximum atomic E-state index is 13.1. The number of aromatic carboxylic acids is 1. The summed E-state index contributed by atoms with van der Waals surface area (Å²) < 4.78 is 0. The lowest BCUT2D eigenvalue weighted by Crippen LogP contribution is -2.36. The summed E-state index contributed by atoms with van der Waals surface area (Å²) in [6.45, 7) is 2.53. The number of aromatic nitrogens is 1. The molecule has 1 aliphatic heterocycles. The summed E-state index contributed by atoms with van der Waals surface area (Å²) in [5, 5.41) is 11.7. The van der Waals surface area contributed by atoms with E-state index in [0.29, 0.717) is 51.6 Å². The molecule has 0 bridgehead atoms. The van der Waals surface area contributed by atoms with Gasteiger partial charge in [0.25, 0.3) is 5.91 Å². The highest BCUT2D eigenvalue weighted by molar-refractivity contribution is 6.42. The molecule has 6 nitrogen and oxygen atoms in total. The van der Waals surface area contributed by atoms with Gasteiger partial charge in [-0.05, 0) is 48.9 Å². The van der Waals surface area contributed by atoms with Crippen molar-refractivity contribution in [2.24, 2.45) is 0 Å². The molecule has 0 fully saturated rings. The highest BCUT2D eigenvalue weighted by atomic mass is 35.5. The third-order valence-corrected chi connectivity index (χ3v) is 8.15. The van der Waals surface area contributed by atoms with Crippen LogP contribution < -0.4 is 0 Å². The van der Waals surface area contributed by atoms with E-state index in [2.05, 4.69) is 4.90 Å². The second-order valence-electron chi connectivity index (χ2n) is 9.97. The van der Waals surface area contributed by atoms with Crippen LogP contribution in [0.25, 0.3) is 10.9 Å². The van der Waals surface area contributed by atoms with Crippen molar-refractivity contribution in [3.05, 3.63) is 111 Å². The van der Waals surface area contributed by atoms with E-state index in [4.69, 9.17) is 28.2 Å². The molecule has 0 radical (unpaired) electrons. The summed E-state index contributed by atoms with van der Waals surface area (Å²) in [6, 6.07) is 22.3. The molecule has 1 aromatic heterocycles. The normalized spacial score (nSPS) is 14.1. The Balaban J connectivity index is 1.37. The van der Waals surface area contributed by atoms with Gasteiger partial charge in [0.05, 0.1) is 21.1 Å². The van der Waals surface area contributed by atoms with Crippen LogP contribution in [0.2, 0.25) is 10.0 Å². The Morgan fingerprint density at radius 2 is 1.77 bits per heavy atom. The van der Waals surface area contributed by atoms with E-state index < -0.39 is 5.97 Å². The van der Waals surface area contributed by atoms with Crippen molar-refractivity contribution in [2.45, 2.75) is 25.3 Å². The lowest BCUT2D eigenvalue weighted by Gasteiger charge is -2.32. The number of carboxylic acid groups (broad SMARTS) is 1. The second-order valence-corrected chi connectivity index (χ2v) is 10.8. The molecule has 0 saturated carbocycles. The molecule has 4 aromatic rings. The van der Waals surface area contributed by atoms with E-state index in [-0.39, 0.29) is 11.8 Å². The van der Waals surface area contributed by atoms with E-state index in [1.54, 1.807) is 11.0 Å². The van der Waals surface area contributed by atoms with Crippen LogP contribution in [0.15, 0.2) is 72.8 Å². The third-order valence-electron chi connectivity index (χ3n) is 7.41. The quantitative estimate of drug-likeness (QED) is 0.264. The predicted molar refractivity (Wildman–Crippen MR) is 155 cm³/mol. The maximum absolute atomic E-state index is 13.1. The van der Waals surface area contributed by atoms with Crippen LogP contribution in [0.1, 0.15) is 49.9 Å². The van der Waals surface area contributed by atoms with Gasteiger partial charge in [0.2, 0.25) is 0 Å². The first-order valence-corrected chi connectivity index (χ1v) is 13.7. The Kier molecular flexibility index (Phi) is 8.17. The minimum atomic E-state index is -0.929. The lowest BCUT2D eigenvalue weighted by molar-refractivity contribution is 0.0695. The fourth-order valence-electron chi connectivity index (χ4n) is 5.36. The number of likely N-dealkylation sites (N-methyl/N-ethyl adjacent to an activating group) is 1. The van der Waals surface area contributed by atoms with Crippen LogP contribution in [-0.4, -0.2) is 58.4 Å². The van der Waals surface area contributed by atoms with Gasteiger partial charge in [0.15, 0.2) is 0 Å². The fourth-order valence-corrected chi connectivity index (χ4v) is 5.67. The number of rotatable bonds is 8. The van der Waals surface area contributed by atoms with Gasteiger partial charge in [0.1, 0.15) is 0 Å². The van der Waals surface area contributed by atoms with E-state index >= 15 is 0 Å². The van der Waals surface area contributed by atoms with Crippen molar-refractivity contribution in [3.8, 4) is 0 Å². The number of carbonyl (C=O) groups excluding carboxylic acids is 1. The van der Waals surface area contributed by atoms with E-state index in [9.17, 15) is 14.7 Å². The Morgan fingerprint density at radius 1 is 1.03 bits per heavy atom. The zero-order valence-corrected chi connectivity index (χ0v) is 23.1. The molecule has 1 N–H and O–H groups in total. The molecule has 1 atom stereocenters. The van der Waals surface area contributed by atoms with Gasteiger partial charge >= 0.3 is 5.97 Å². The number of hydrogen-bond acceptors (Lipinski definition) is 4. The van der Waals surface area contributed by atoms with Crippen LogP contribution in [0.4, 0.5) is 0 Å². The Morgan fingerprint density at radius 3 is 2.51 bits per heavy atom. The lowest BCUT2D eigenvalue weighted by atomic mass is 9.93. The highest BCUT2D eigenvalue weighted by Gasteiger charge is 2.27. The molecule has 200 valence electrons. The number of carbonyl (C=O) groups is 2. The molecule has 1 aliphatic rings. The Labute approximate surface area is 237 Å². The van der Waals surface area contributed by atoms with E-state index in [1.807, 2.05) is 73.8 Å². The molecular weight excluding hydrogens is 533 g/mol. The average Bonchev–Trinajstić information content (AvgIpc) is 2.95. The largest absolute Gasteiger partial charge is 0.478 e. The monoisotopic (exact) mass is 561 g/mol. The molecule has 3 aromatic carbocycles. The van der Waals surface area contributed by atoms with Gasteiger partial charge in [-0.15, -0.1) is 0 Å². The number of hydrogen-bond donors (Lipinski definition) is 1. The second kappa shape index (κ2) is 11.7. The number of pyridine rings is 1. The first-order chi connectivity index (χ1) is 18.8. The van der Waals surface area contributed by atoms with Gasteiger partial charge < -0.3 is 10.0 Å². The average molecular weight is 562 g/mol. The van der Waals surface area contributed by atoms with Gasteiger partial charge in [-0.3, -0.25) is 14.7 Å². The number of amides is 1. The summed E-state index contributed by atoms with van der Waals surface area (Å²) in [5.41, 5.74) is 4.35. The molecule has 39 heavy (non-hydrogen) atoms. The number of fused-ring (bicyclic) bond motifs is 2. The molecule has 0 aliphatic carbocycles. The molecule has 5 rings (SSSR count). The molecule has 0 spiro atoms. The van der Waals surface area contributed by atoms with E-state index in [0.717, 1.165) is 36.3 Å². The first kappa shape index (κ1) is 27.1. The topological polar surface area (TPSA) is 73.7 Å². The smallest absolute Gasteiger partial charge is 0.336 e. The summed E-state index contributed by atoms with van der Waals surface area (Å²) in [6.07, 6.45) is 1.44. The number of benzene rings is 3. The van der Waals surface area contributed by atoms with Crippen molar-refractivity contribution in [2.75, 3.05) is 26.7 Å². The molecule has 1 amide bonds. The fraction of sp³-hybridized carbons (Fsp3) is 0.258. The van der Waals surface area contributed by atoms with Gasteiger partial charge in [-0.2, -0.15) is 0 Å². The Hall–Kier alpha value is -3.45. The van der Waals surface area contributed by atoms with Gasteiger partial charge in [-0.1, -0.05) is 65.7 Å². The minimum Gasteiger partial charge on any atom is -0.478 e.